The van der Waals surface area contributed by atoms with Crippen LogP contribution >= 0.6 is 0 Å². The molecule has 3 rings (SSSR count). The van der Waals surface area contributed by atoms with Crippen LogP contribution in [0.5, 0.6) is 0 Å². The second kappa shape index (κ2) is 4.58. The fourth-order valence-corrected chi connectivity index (χ4v) is 3.10. The third-order valence-electron chi connectivity index (χ3n) is 3.97. The van der Waals surface area contributed by atoms with E-state index in [2.05, 4.69) is 12.2 Å². The number of allylic oxidation sites excluding steroid dienone is 2. The van der Waals surface area contributed by atoms with Crippen LogP contribution in [0.3, 0.4) is 0 Å². The molecule has 1 fully saturated rings. The van der Waals surface area contributed by atoms with Crippen LogP contribution in [0.1, 0.15) is 12.8 Å². The first kappa shape index (κ1) is 11.5. The van der Waals surface area contributed by atoms with E-state index in [1.54, 1.807) is 7.11 Å². The first-order valence-electron chi connectivity index (χ1n) is 6.41. The number of carbonyl (C=O) groups excluding carboxylic acids is 1. The van der Waals surface area contributed by atoms with Crippen LogP contribution in [0, 0.1) is 17.8 Å². The van der Waals surface area contributed by atoms with Crippen LogP contribution in [0.2, 0.25) is 0 Å². The molecule has 2 aliphatic rings. The Hall–Kier alpha value is -1.61. The lowest BCUT2D eigenvalue weighted by atomic mass is 9.92. The second-order valence-corrected chi connectivity index (χ2v) is 5.04. The molecule has 2 bridgehead atoms. The third-order valence-corrected chi connectivity index (χ3v) is 3.97. The van der Waals surface area contributed by atoms with Gasteiger partial charge in [-0.2, -0.15) is 5.06 Å². The van der Waals surface area contributed by atoms with Crippen molar-refractivity contribution in [2.45, 2.75) is 12.8 Å². The summed E-state index contributed by atoms with van der Waals surface area (Å²) in [5.74, 6) is 1.17. The van der Waals surface area contributed by atoms with E-state index in [1.807, 2.05) is 30.3 Å². The Morgan fingerprint density at radius 2 is 2.00 bits per heavy atom. The molecule has 1 amide bonds. The van der Waals surface area contributed by atoms with E-state index in [1.165, 1.54) is 5.06 Å². The summed E-state index contributed by atoms with van der Waals surface area (Å²) >= 11 is 0. The molecule has 0 N–H and O–H groups in total. The third kappa shape index (κ3) is 1.85. The summed E-state index contributed by atoms with van der Waals surface area (Å²) in [5, 5.41) is 1.43. The van der Waals surface area contributed by atoms with Crippen LogP contribution in [0.25, 0.3) is 0 Å². The maximum atomic E-state index is 12.5. The number of hydroxylamine groups is 1. The summed E-state index contributed by atoms with van der Waals surface area (Å²) in [5.41, 5.74) is 0.803. The highest BCUT2D eigenvalue weighted by atomic mass is 16.7. The topological polar surface area (TPSA) is 29.5 Å². The molecule has 3 heteroatoms. The Labute approximate surface area is 107 Å². The van der Waals surface area contributed by atoms with E-state index in [0.717, 1.165) is 18.5 Å². The zero-order chi connectivity index (χ0) is 12.5. The second-order valence-electron chi connectivity index (χ2n) is 5.04. The minimum Gasteiger partial charge on any atom is -0.272 e. The molecular weight excluding hydrogens is 226 g/mol. The van der Waals surface area contributed by atoms with Gasteiger partial charge < -0.3 is 0 Å². The predicted octanol–water partition coefficient (Wildman–Crippen LogP) is 2.79. The Morgan fingerprint density at radius 1 is 1.22 bits per heavy atom. The smallest absolute Gasteiger partial charge is 0.254 e. The van der Waals surface area contributed by atoms with E-state index < -0.39 is 0 Å². The minimum atomic E-state index is 0.0835. The first-order valence-corrected chi connectivity index (χ1v) is 6.41. The average Bonchev–Trinajstić information content (AvgIpc) is 3.03. The highest BCUT2D eigenvalue weighted by molar-refractivity contribution is 5.93. The van der Waals surface area contributed by atoms with Gasteiger partial charge in [0, 0.05) is 5.92 Å². The van der Waals surface area contributed by atoms with E-state index in [9.17, 15) is 4.79 Å². The summed E-state index contributed by atoms with van der Waals surface area (Å²) < 4.78 is 0. The fraction of sp³-hybridized carbons (Fsp3) is 0.400. The quantitative estimate of drug-likeness (QED) is 0.603. The number of fused-ring (bicyclic) bond motifs is 2. The van der Waals surface area contributed by atoms with Gasteiger partial charge in [0.2, 0.25) is 0 Å². The standard InChI is InChI=1S/C15H17NO2/c1-18-16(13-5-3-2-4-6-13)15(17)14-10-11-7-8-12(14)9-11/h2-8,11-12,14H,9-10H2,1H3/t11-,12+,14-/m0/s1. The van der Waals surface area contributed by atoms with Gasteiger partial charge in [-0.05, 0) is 36.8 Å². The number of amides is 1. The first-order chi connectivity index (χ1) is 8.79. The van der Waals surface area contributed by atoms with Crippen molar-refractivity contribution < 1.29 is 9.63 Å². The number of benzene rings is 1. The van der Waals surface area contributed by atoms with E-state index >= 15 is 0 Å². The number of hydrogen-bond donors (Lipinski definition) is 0. The van der Waals surface area contributed by atoms with Crippen LogP contribution in [0.4, 0.5) is 5.69 Å². The van der Waals surface area contributed by atoms with Crippen LogP contribution < -0.4 is 5.06 Å². The molecule has 18 heavy (non-hydrogen) atoms. The molecular formula is C15H17NO2. The summed E-state index contributed by atoms with van der Waals surface area (Å²) in [6, 6.07) is 9.54. The molecule has 0 unspecified atom stereocenters. The molecule has 1 aromatic rings. The molecule has 2 aliphatic carbocycles. The van der Waals surface area contributed by atoms with Gasteiger partial charge in [-0.15, -0.1) is 0 Å². The van der Waals surface area contributed by atoms with Gasteiger partial charge >= 0.3 is 0 Å². The molecule has 0 spiro atoms. The van der Waals surface area contributed by atoms with Crippen LogP contribution in [-0.2, 0) is 9.63 Å². The number of rotatable bonds is 3. The van der Waals surface area contributed by atoms with Crippen LogP contribution in [0.15, 0.2) is 42.5 Å². The van der Waals surface area contributed by atoms with Crippen molar-refractivity contribution in [3.8, 4) is 0 Å². The lowest BCUT2D eigenvalue weighted by Crippen LogP contribution is -2.37. The summed E-state index contributed by atoms with van der Waals surface area (Å²) in [7, 11) is 1.55. The summed E-state index contributed by atoms with van der Waals surface area (Å²) in [6.07, 6.45) is 6.53. The Bertz CT molecular complexity index is 469. The number of nitrogens with zero attached hydrogens (tertiary/aromatic N) is 1. The van der Waals surface area contributed by atoms with Gasteiger partial charge in [0.15, 0.2) is 0 Å². The van der Waals surface area contributed by atoms with Crippen molar-refractivity contribution in [3.05, 3.63) is 42.5 Å². The maximum Gasteiger partial charge on any atom is 0.254 e. The van der Waals surface area contributed by atoms with E-state index in [4.69, 9.17) is 4.84 Å². The highest BCUT2D eigenvalue weighted by Gasteiger charge is 2.42. The van der Waals surface area contributed by atoms with Crippen molar-refractivity contribution in [2.24, 2.45) is 17.8 Å². The zero-order valence-electron chi connectivity index (χ0n) is 10.5. The zero-order valence-corrected chi connectivity index (χ0v) is 10.5. The van der Waals surface area contributed by atoms with Gasteiger partial charge in [0.1, 0.15) is 0 Å². The van der Waals surface area contributed by atoms with E-state index in [-0.39, 0.29) is 11.8 Å². The predicted molar refractivity (Wildman–Crippen MR) is 69.8 cm³/mol. The Morgan fingerprint density at radius 3 is 2.56 bits per heavy atom. The molecule has 3 nitrogen and oxygen atoms in total. The Kier molecular flexibility index (Phi) is 2.92. The molecule has 0 saturated heterocycles. The average molecular weight is 243 g/mol. The van der Waals surface area contributed by atoms with Crippen LogP contribution in [-0.4, -0.2) is 13.0 Å². The number of hydrogen-bond acceptors (Lipinski definition) is 2. The van der Waals surface area contributed by atoms with E-state index in [0.29, 0.717) is 11.8 Å². The molecule has 0 heterocycles. The molecule has 3 atom stereocenters. The molecule has 0 aliphatic heterocycles. The lowest BCUT2D eigenvalue weighted by molar-refractivity contribution is -0.129. The summed E-state index contributed by atoms with van der Waals surface area (Å²) in [6.45, 7) is 0. The van der Waals surface area contributed by atoms with Gasteiger partial charge in [0.25, 0.3) is 5.91 Å². The Balaban J connectivity index is 1.80. The number of anilines is 1. The van der Waals surface area contributed by atoms with Crippen molar-refractivity contribution in [1.82, 2.24) is 0 Å². The normalized spacial score (nSPS) is 28.6. The summed E-state index contributed by atoms with van der Waals surface area (Å²) in [4.78, 5) is 17.8. The van der Waals surface area contributed by atoms with Gasteiger partial charge in [-0.3, -0.25) is 9.63 Å². The van der Waals surface area contributed by atoms with Gasteiger partial charge in [0.05, 0.1) is 12.8 Å². The minimum absolute atomic E-state index is 0.0835. The molecule has 0 aromatic heterocycles. The lowest BCUT2D eigenvalue weighted by Gasteiger charge is -2.25. The molecule has 0 radical (unpaired) electrons. The van der Waals surface area contributed by atoms with Crippen molar-refractivity contribution in [1.29, 1.82) is 0 Å². The van der Waals surface area contributed by atoms with Crippen molar-refractivity contribution in [2.75, 3.05) is 12.2 Å². The van der Waals surface area contributed by atoms with Crippen molar-refractivity contribution in [3.63, 3.8) is 0 Å². The molecule has 1 aromatic carbocycles. The van der Waals surface area contributed by atoms with Crippen molar-refractivity contribution >= 4 is 11.6 Å². The SMILES string of the molecule is CON(C(=O)[C@H]1C[C@H]2C=C[C@@H]1C2)c1ccccc1. The van der Waals surface area contributed by atoms with Gasteiger partial charge in [-0.25, -0.2) is 0 Å². The maximum absolute atomic E-state index is 12.5. The largest absolute Gasteiger partial charge is 0.272 e. The molecule has 1 saturated carbocycles. The molecule has 94 valence electrons. The number of para-hydroxylation sites is 1. The monoisotopic (exact) mass is 243 g/mol. The number of carbonyl (C=O) groups is 1. The van der Waals surface area contributed by atoms with Gasteiger partial charge in [-0.1, -0.05) is 30.4 Å². The fourth-order valence-electron chi connectivity index (χ4n) is 3.10. The highest BCUT2D eigenvalue weighted by Crippen LogP contribution is 2.44.